The van der Waals surface area contributed by atoms with Crippen molar-refractivity contribution in [3.05, 3.63) is 11.8 Å². The van der Waals surface area contributed by atoms with Gasteiger partial charge in [-0.3, -0.25) is 0 Å². The molecule has 0 spiro atoms. The molecule has 0 aromatic rings. The molecule has 16 heavy (non-hydrogen) atoms. The molecule has 0 aliphatic heterocycles. The van der Waals surface area contributed by atoms with Gasteiger partial charge in [-0.2, -0.15) is 0 Å². The van der Waals surface area contributed by atoms with Crippen molar-refractivity contribution >= 4 is 8.07 Å². The van der Waals surface area contributed by atoms with Crippen molar-refractivity contribution in [1.29, 1.82) is 0 Å². The minimum absolute atomic E-state index is 0.928. The second-order valence-corrected chi connectivity index (χ2v) is 11.1. The maximum atomic E-state index is 2.48. The molecule has 0 saturated carbocycles. The van der Waals surface area contributed by atoms with E-state index in [1.165, 1.54) is 57.8 Å². The standard InChI is InChI=1S/C15H32Si/c1-5-6-7-8-9-10-11-12-13-14-15-16(2,3)4/h14-15H,5-13H2,1-4H3/b15-14-. The number of allylic oxidation sites excluding steroid dienone is 1. The van der Waals surface area contributed by atoms with Crippen LogP contribution in [0.5, 0.6) is 0 Å². The van der Waals surface area contributed by atoms with Gasteiger partial charge in [0.2, 0.25) is 0 Å². The van der Waals surface area contributed by atoms with Crippen molar-refractivity contribution in [3.8, 4) is 0 Å². The molecule has 0 unspecified atom stereocenters. The summed E-state index contributed by atoms with van der Waals surface area (Å²) in [4.78, 5) is 0. The van der Waals surface area contributed by atoms with E-state index < -0.39 is 8.07 Å². The van der Waals surface area contributed by atoms with E-state index in [1.807, 2.05) is 0 Å². The molecule has 0 amide bonds. The summed E-state index contributed by atoms with van der Waals surface area (Å²) in [5.41, 5.74) is 2.48. The first-order valence-corrected chi connectivity index (χ1v) is 10.8. The Hall–Kier alpha value is -0.0431. The lowest BCUT2D eigenvalue weighted by Crippen LogP contribution is -2.15. The molecule has 0 rings (SSSR count). The molecule has 0 fully saturated rings. The number of hydrogen-bond donors (Lipinski definition) is 0. The molecule has 0 saturated heterocycles. The Balaban J connectivity index is 3.13. The van der Waals surface area contributed by atoms with Gasteiger partial charge in [-0.1, -0.05) is 83.3 Å². The van der Waals surface area contributed by atoms with Crippen LogP contribution in [0.4, 0.5) is 0 Å². The van der Waals surface area contributed by atoms with E-state index in [2.05, 4.69) is 38.3 Å². The van der Waals surface area contributed by atoms with E-state index in [1.54, 1.807) is 0 Å². The first-order chi connectivity index (χ1) is 7.56. The maximum absolute atomic E-state index is 2.48. The zero-order valence-electron chi connectivity index (χ0n) is 12.0. The zero-order valence-corrected chi connectivity index (χ0v) is 13.0. The summed E-state index contributed by atoms with van der Waals surface area (Å²) in [7, 11) is -0.928. The van der Waals surface area contributed by atoms with Crippen LogP contribution in [0.25, 0.3) is 0 Å². The molecule has 0 aliphatic carbocycles. The second kappa shape index (κ2) is 10.1. The zero-order chi connectivity index (χ0) is 12.3. The Bertz CT molecular complexity index is 165. The van der Waals surface area contributed by atoms with Crippen LogP contribution in [0.15, 0.2) is 11.8 Å². The molecular weight excluding hydrogens is 208 g/mol. The SMILES string of the molecule is CCCCCCCCCC/C=C\[Si](C)(C)C. The lowest BCUT2D eigenvalue weighted by Gasteiger charge is -2.07. The molecule has 96 valence electrons. The largest absolute Gasteiger partial charge is 0.0989 e. The van der Waals surface area contributed by atoms with Crippen LogP contribution in [0.3, 0.4) is 0 Å². The van der Waals surface area contributed by atoms with Crippen LogP contribution in [0.1, 0.15) is 64.7 Å². The van der Waals surface area contributed by atoms with Crippen molar-refractivity contribution in [2.24, 2.45) is 0 Å². The van der Waals surface area contributed by atoms with Gasteiger partial charge < -0.3 is 0 Å². The quantitative estimate of drug-likeness (QED) is 0.327. The fourth-order valence-electron chi connectivity index (χ4n) is 1.83. The van der Waals surface area contributed by atoms with Crippen LogP contribution >= 0.6 is 0 Å². The summed E-state index contributed by atoms with van der Waals surface area (Å²) >= 11 is 0. The van der Waals surface area contributed by atoms with Gasteiger partial charge in [0.15, 0.2) is 0 Å². The Morgan fingerprint density at radius 2 is 1.25 bits per heavy atom. The summed E-state index contributed by atoms with van der Waals surface area (Å²) in [6.45, 7) is 9.48. The van der Waals surface area contributed by atoms with Gasteiger partial charge in [0.25, 0.3) is 0 Å². The maximum Gasteiger partial charge on any atom is 0.0682 e. The highest BCUT2D eigenvalue weighted by Gasteiger charge is 2.05. The summed E-state index contributed by atoms with van der Waals surface area (Å²) in [6, 6.07) is 0. The van der Waals surface area contributed by atoms with Crippen LogP contribution < -0.4 is 0 Å². The highest BCUT2D eigenvalue weighted by Crippen LogP contribution is 2.10. The average molecular weight is 241 g/mol. The minimum atomic E-state index is -0.928. The van der Waals surface area contributed by atoms with Crippen LogP contribution in [-0.2, 0) is 0 Å². The van der Waals surface area contributed by atoms with Gasteiger partial charge in [0.1, 0.15) is 0 Å². The van der Waals surface area contributed by atoms with Crippen molar-refractivity contribution in [2.45, 2.75) is 84.4 Å². The number of rotatable bonds is 10. The molecule has 0 radical (unpaired) electrons. The van der Waals surface area contributed by atoms with Gasteiger partial charge in [0, 0.05) is 0 Å². The fraction of sp³-hybridized carbons (Fsp3) is 0.867. The van der Waals surface area contributed by atoms with Crippen LogP contribution in [0.2, 0.25) is 19.6 Å². The van der Waals surface area contributed by atoms with E-state index in [0.717, 1.165) is 0 Å². The predicted octanol–water partition coefficient (Wildman–Crippen LogP) is 5.95. The second-order valence-electron chi connectivity index (χ2n) is 6.03. The molecule has 0 N–H and O–H groups in total. The molecule has 0 heterocycles. The summed E-state index contributed by atoms with van der Waals surface area (Å²) < 4.78 is 0. The third kappa shape index (κ3) is 14.0. The van der Waals surface area contributed by atoms with Crippen molar-refractivity contribution in [3.63, 3.8) is 0 Å². The molecule has 0 atom stereocenters. The predicted molar refractivity (Wildman–Crippen MR) is 79.7 cm³/mol. The molecular formula is C15H32Si. The van der Waals surface area contributed by atoms with E-state index >= 15 is 0 Å². The molecule has 0 bridgehead atoms. The molecule has 1 heteroatoms. The lowest BCUT2D eigenvalue weighted by molar-refractivity contribution is 0.577. The van der Waals surface area contributed by atoms with Gasteiger partial charge in [-0.25, -0.2) is 0 Å². The lowest BCUT2D eigenvalue weighted by atomic mass is 10.1. The average Bonchev–Trinajstić information content (AvgIpc) is 2.19. The molecule has 0 aromatic carbocycles. The Morgan fingerprint density at radius 1 is 0.750 bits per heavy atom. The summed E-state index contributed by atoms with van der Waals surface area (Å²) in [5, 5.41) is 0. The van der Waals surface area contributed by atoms with E-state index in [0.29, 0.717) is 0 Å². The van der Waals surface area contributed by atoms with Crippen LogP contribution in [0, 0.1) is 0 Å². The van der Waals surface area contributed by atoms with Gasteiger partial charge in [-0.05, 0) is 12.8 Å². The highest BCUT2D eigenvalue weighted by molar-refractivity contribution is 6.80. The smallest absolute Gasteiger partial charge is 0.0682 e. The van der Waals surface area contributed by atoms with Crippen molar-refractivity contribution < 1.29 is 0 Å². The Morgan fingerprint density at radius 3 is 1.75 bits per heavy atom. The topological polar surface area (TPSA) is 0 Å². The normalized spacial score (nSPS) is 12.5. The van der Waals surface area contributed by atoms with Crippen LogP contribution in [-0.4, -0.2) is 8.07 Å². The van der Waals surface area contributed by atoms with Gasteiger partial charge >= 0.3 is 0 Å². The van der Waals surface area contributed by atoms with E-state index in [9.17, 15) is 0 Å². The van der Waals surface area contributed by atoms with Crippen molar-refractivity contribution in [2.75, 3.05) is 0 Å². The molecule has 0 nitrogen and oxygen atoms in total. The first kappa shape index (κ1) is 16.0. The Labute approximate surface area is 105 Å². The third-order valence-electron chi connectivity index (χ3n) is 2.84. The fourth-order valence-corrected chi connectivity index (χ4v) is 2.71. The van der Waals surface area contributed by atoms with E-state index in [4.69, 9.17) is 0 Å². The molecule has 0 aromatic heterocycles. The van der Waals surface area contributed by atoms with Gasteiger partial charge in [0.05, 0.1) is 8.07 Å². The monoisotopic (exact) mass is 240 g/mol. The van der Waals surface area contributed by atoms with Gasteiger partial charge in [-0.15, -0.1) is 0 Å². The number of hydrogen-bond acceptors (Lipinski definition) is 0. The summed E-state index contributed by atoms with van der Waals surface area (Å²) in [6.07, 6.45) is 15.2. The first-order valence-electron chi connectivity index (χ1n) is 7.24. The Kier molecular flexibility index (Phi) is 10.1. The summed E-state index contributed by atoms with van der Waals surface area (Å²) in [5.74, 6) is 0. The third-order valence-corrected chi connectivity index (χ3v) is 4.08. The number of unbranched alkanes of at least 4 members (excludes halogenated alkanes) is 8. The van der Waals surface area contributed by atoms with Crippen molar-refractivity contribution in [1.82, 2.24) is 0 Å². The van der Waals surface area contributed by atoms with E-state index in [-0.39, 0.29) is 0 Å². The highest BCUT2D eigenvalue weighted by atomic mass is 28.3. The molecule has 0 aliphatic rings. The minimum Gasteiger partial charge on any atom is -0.0989 e.